The molecule has 0 unspecified atom stereocenters. The van der Waals surface area contributed by atoms with Gasteiger partial charge < -0.3 is 14.4 Å². The van der Waals surface area contributed by atoms with E-state index in [1.165, 1.54) is 0 Å². The highest BCUT2D eigenvalue weighted by Gasteiger charge is 2.21. The second kappa shape index (κ2) is 7.08. The Morgan fingerprint density at radius 3 is 2.60 bits per heavy atom. The maximum Gasteiger partial charge on any atom is 0.227 e. The Balaban J connectivity index is 1.77. The highest BCUT2D eigenvalue weighted by Crippen LogP contribution is 2.23. The molecular formula is C16H21NO3. The number of rotatable bonds is 7. The summed E-state index contributed by atoms with van der Waals surface area (Å²) in [5, 5.41) is 0. The van der Waals surface area contributed by atoms with E-state index in [2.05, 4.69) is 0 Å². The molecule has 0 saturated carbocycles. The number of ketones is 1. The van der Waals surface area contributed by atoms with Crippen LogP contribution in [0.4, 0.5) is 5.69 Å². The fraction of sp³-hybridized carbons (Fsp3) is 0.500. The van der Waals surface area contributed by atoms with Crippen molar-refractivity contribution >= 4 is 17.4 Å². The summed E-state index contributed by atoms with van der Waals surface area (Å²) in [6.45, 7) is 3.04. The smallest absolute Gasteiger partial charge is 0.227 e. The van der Waals surface area contributed by atoms with Crippen molar-refractivity contribution in [2.24, 2.45) is 0 Å². The van der Waals surface area contributed by atoms with Gasteiger partial charge in [-0.2, -0.15) is 0 Å². The number of ether oxygens (including phenoxy) is 1. The molecular weight excluding hydrogens is 254 g/mol. The Hall–Kier alpha value is -1.84. The van der Waals surface area contributed by atoms with Crippen LogP contribution < -0.4 is 9.64 Å². The molecule has 0 bridgehead atoms. The largest absolute Gasteiger partial charge is 0.494 e. The number of carbonyl (C=O) groups is 2. The minimum Gasteiger partial charge on any atom is -0.494 e. The van der Waals surface area contributed by atoms with Gasteiger partial charge in [0.05, 0.1) is 6.61 Å². The monoisotopic (exact) mass is 275 g/mol. The number of unbranched alkanes of at least 4 members (excludes halogenated alkanes) is 1. The van der Waals surface area contributed by atoms with E-state index in [0.717, 1.165) is 37.2 Å². The van der Waals surface area contributed by atoms with E-state index in [1.54, 1.807) is 6.92 Å². The third-order valence-electron chi connectivity index (χ3n) is 3.41. The third-order valence-corrected chi connectivity index (χ3v) is 3.41. The zero-order chi connectivity index (χ0) is 14.4. The van der Waals surface area contributed by atoms with Crippen LogP contribution in [0.3, 0.4) is 0 Å². The summed E-state index contributed by atoms with van der Waals surface area (Å²) in [6.07, 6.45) is 3.96. The maximum atomic E-state index is 11.6. The topological polar surface area (TPSA) is 46.6 Å². The molecule has 0 atom stereocenters. The SMILES string of the molecule is CC(=O)CCCCOc1ccc(N2CCCC2=O)cc1. The average Bonchev–Trinajstić information content (AvgIpc) is 2.85. The molecule has 2 rings (SSSR count). The zero-order valence-corrected chi connectivity index (χ0v) is 11.9. The first kappa shape index (κ1) is 14.6. The van der Waals surface area contributed by atoms with Crippen molar-refractivity contribution in [2.45, 2.75) is 39.0 Å². The first-order chi connectivity index (χ1) is 9.66. The molecule has 1 aromatic carbocycles. The molecule has 1 saturated heterocycles. The lowest BCUT2D eigenvalue weighted by Crippen LogP contribution is -2.23. The van der Waals surface area contributed by atoms with Crippen LogP contribution in [0.5, 0.6) is 5.75 Å². The molecule has 20 heavy (non-hydrogen) atoms. The Morgan fingerprint density at radius 1 is 1.25 bits per heavy atom. The van der Waals surface area contributed by atoms with Crippen LogP contribution >= 0.6 is 0 Å². The summed E-state index contributed by atoms with van der Waals surface area (Å²) >= 11 is 0. The van der Waals surface area contributed by atoms with Crippen LogP contribution in [0.15, 0.2) is 24.3 Å². The van der Waals surface area contributed by atoms with Crippen molar-refractivity contribution in [1.29, 1.82) is 0 Å². The Bertz CT molecular complexity index is 467. The molecule has 0 N–H and O–H groups in total. The maximum absolute atomic E-state index is 11.6. The van der Waals surface area contributed by atoms with E-state index in [4.69, 9.17) is 4.74 Å². The van der Waals surface area contributed by atoms with Gasteiger partial charge in [0.2, 0.25) is 5.91 Å². The van der Waals surface area contributed by atoms with Crippen LogP contribution in [-0.4, -0.2) is 24.8 Å². The molecule has 1 aliphatic heterocycles. The number of carbonyl (C=O) groups excluding carboxylic acids is 2. The number of amides is 1. The molecule has 1 fully saturated rings. The number of nitrogens with zero attached hydrogens (tertiary/aromatic N) is 1. The van der Waals surface area contributed by atoms with Crippen molar-refractivity contribution in [3.8, 4) is 5.75 Å². The van der Waals surface area contributed by atoms with Gasteiger partial charge in [0.25, 0.3) is 0 Å². The summed E-state index contributed by atoms with van der Waals surface area (Å²) in [5.41, 5.74) is 0.941. The molecule has 4 nitrogen and oxygen atoms in total. The molecule has 4 heteroatoms. The van der Waals surface area contributed by atoms with Crippen molar-refractivity contribution in [2.75, 3.05) is 18.1 Å². The van der Waals surface area contributed by atoms with E-state index in [0.29, 0.717) is 19.4 Å². The van der Waals surface area contributed by atoms with Crippen LogP contribution in [-0.2, 0) is 9.59 Å². The molecule has 1 heterocycles. The standard InChI is InChI=1S/C16H21NO3/c1-13(18)5-2-3-12-20-15-9-7-14(8-10-15)17-11-4-6-16(17)19/h7-10H,2-6,11-12H2,1H3. The van der Waals surface area contributed by atoms with E-state index < -0.39 is 0 Å². The van der Waals surface area contributed by atoms with Gasteiger partial charge in [0.15, 0.2) is 0 Å². The predicted octanol–water partition coefficient (Wildman–Crippen LogP) is 2.95. The van der Waals surface area contributed by atoms with Crippen molar-refractivity contribution < 1.29 is 14.3 Å². The van der Waals surface area contributed by atoms with E-state index >= 15 is 0 Å². The summed E-state index contributed by atoms with van der Waals surface area (Å²) in [4.78, 5) is 24.2. The molecule has 1 aliphatic rings. The van der Waals surface area contributed by atoms with Crippen molar-refractivity contribution in [3.63, 3.8) is 0 Å². The van der Waals surface area contributed by atoms with Crippen molar-refractivity contribution in [1.82, 2.24) is 0 Å². The number of hydrogen-bond acceptors (Lipinski definition) is 3. The molecule has 0 radical (unpaired) electrons. The van der Waals surface area contributed by atoms with E-state index in [1.807, 2.05) is 29.2 Å². The Morgan fingerprint density at radius 2 is 2.00 bits per heavy atom. The quantitative estimate of drug-likeness (QED) is 0.719. The number of hydrogen-bond donors (Lipinski definition) is 0. The Labute approximate surface area is 119 Å². The molecule has 1 aromatic rings. The average molecular weight is 275 g/mol. The molecule has 0 spiro atoms. The minimum atomic E-state index is 0.197. The second-order valence-electron chi connectivity index (χ2n) is 5.15. The fourth-order valence-electron chi connectivity index (χ4n) is 2.31. The number of benzene rings is 1. The summed E-state index contributed by atoms with van der Waals surface area (Å²) in [5.74, 6) is 1.23. The lowest BCUT2D eigenvalue weighted by molar-refractivity contribution is -0.117. The minimum absolute atomic E-state index is 0.197. The van der Waals surface area contributed by atoms with Crippen LogP contribution in [0.25, 0.3) is 0 Å². The first-order valence-electron chi connectivity index (χ1n) is 7.19. The summed E-state index contributed by atoms with van der Waals surface area (Å²) < 4.78 is 5.62. The van der Waals surface area contributed by atoms with Gasteiger partial charge in [-0.1, -0.05) is 0 Å². The lowest BCUT2D eigenvalue weighted by atomic mass is 10.2. The van der Waals surface area contributed by atoms with Gasteiger partial charge in [0.1, 0.15) is 11.5 Å². The van der Waals surface area contributed by atoms with Gasteiger partial charge >= 0.3 is 0 Å². The van der Waals surface area contributed by atoms with Crippen molar-refractivity contribution in [3.05, 3.63) is 24.3 Å². The van der Waals surface area contributed by atoms with Crippen LogP contribution in [0.2, 0.25) is 0 Å². The van der Waals surface area contributed by atoms with E-state index in [-0.39, 0.29) is 11.7 Å². The lowest BCUT2D eigenvalue weighted by Gasteiger charge is -2.16. The third kappa shape index (κ3) is 4.08. The molecule has 108 valence electrons. The van der Waals surface area contributed by atoms with Gasteiger partial charge in [-0.3, -0.25) is 4.79 Å². The molecule has 1 amide bonds. The summed E-state index contributed by atoms with van der Waals surface area (Å²) in [6, 6.07) is 7.64. The molecule has 0 aliphatic carbocycles. The van der Waals surface area contributed by atoms with Crippen LogP contribution in [0.1, 0.15) is 39.0 Å². The van der Waals surface area contributed by atoms with Crippen LogP contribution in [0, 0.1) is 0 Å². The summed E-state index contributed by atoms with van der Waals surface area (Å²) in [7, 11) is 0. The van der Waals surface area contributed by atoms with Gasteiger partial charge in [0, 0.05) is 25.1 Å². The molecule has 0 aromatic heterocycles. The predicted molar refractivity (Wildman–Crippen MR) is 78.1 cm³/mol. The highest BCUT2D eigenvalue weighted by atomic mass is 16.5. The van der Waals surface area contributed by atoms with E-state index in [9.17, 15) is 9.59 Å². The zero-order valence-electron chi connectivity index (χ0n) is 11.9. The van der Waals surface area contributed by atoms with Gasteiger partial charge in [-0.15, -0.1) is 0 Å². The second-order valence-corrected chi connectivity index (χ2v) is 5.15. The number of anilines is 1. The normalized spacial score (nSPS) is 14.7. The van der Waals surface area contributed by atoms with Gasteiger partial charge in [-0.25, -0.2) is 0 Å². The highest BCUT2D eigenvalue weighted by molar-refractivity contribution is 5.95. The Kier molecular flexibility index (Phi) is 5.16. The fourth-order valence-corrected chi connectivity index (χ4v) is 2.31. The van der Waals surface area contributed by atoms with Gasteiger partial charge in [-0.05, 0) is 50.5 Å². The number of Topliss-reactive ketones (excluding diaryl/α,β-unsaturated/α-hetero) is 1. The first-order valence-corrected chi connectivity index (χ1v) is 7.19.